The van der Waals surface area contributed by atoms with Gasteiger partial charge in [0.15, 0.2) is 5.78 Å². The standard InChI is InChI=1S/C26H21N2S.C13H24O2.Ir/c1-26(2,3)22-15-19(14-17-6-4-5-7-20(17)22)23-16-18(8-11-27-23)25-21-10-13-29-24(21)9-12-28-25;1-5-10(6-2)12(14)9-13(15)11(7-3)8-4;/h4-13,15-16H,1-3H3;9-11,14H,5-8H2,1-4H3;/q-1;;/b;12-9-;. The van der Waals surface area contributed by atoms with Crippen molar-refractivity contribution in [2.24, 2.45) is 11.8 Å². The van der Waals surface area contributed by atoms with Crippen molar-refractivity contribution < 1.29 is 30.0 Å². The molecule has 0 spiro atoms. The molecule has 0 bridgehead atoms. The molecule has 0 atom stereocenters. The van der Waals surface area contributed by atoms with Crippen LogP contribution in [0.5, 0.6) is 0 Å². The number of aliphatic hydroxyl groups excluding tert-OH is 1. The quantitative estimate of drug-likeness (QED) is 0.0917. The Morgan fingerprint density at radius 2 is 1.56 bits per heavy atom. The molecule has 0 aliphatic carbocycles. The van der Waals surface area contributed by atoms with Crippen molar-refractivity contribution in [3.05, 3.63) is 95.8 Å². The molecule has 4 nitrogen and oxygen atoms in total. The maximum absolute atomic E-state index is 11.7. The monoisotopic (exact) mass is 798 g/mol. The van der Waals surface area contributed by atoms with Crippen LogP contribution in [-0.4, -0.2) is 20.9 Å². The van der Waals surface area contributed by atoms with Gasteiger partial charge in [-0.25, -0.2) is 0 Å². The second-order valence-corrected chi connectivity index (χ2v) is 13.3. The number of carbonyl (C=O) groups is 1. The zero-order valence-electron chi connectivity index (χ0n) is 27.5. The number of nitrogens with zero attached hydrogens (tertiary/aromatic N) is 2. The zero-order chi connectivity index (χ0) is 31.9. The van der Waals surface area contributed by atoms with E-state index in [0.717, 1.165) is 53.6 Å². The summed E-state index contributed by atoms with van der Waals surface area (Å²) in [6.45, 7) is 14.8. The summed E-state index contributed by atoms with van der Waals surface area (Å²) >= 11 is 1.74. The summed E-state index contributed by atoms with van der Waals surface area (Å²) in [5.74, 6) is 0.547. The molecule has 0 unspecified atom stereocenters. The van der Waals surface area contributed by atoms with Crippen LogP contribution in [0.2, 0.25) is 0 Å². The van der Waals surface area contributed by atoms with Gasteiger partial charge in [0.25, 0.3) is 0 Å². The van der Waals surface area contributed by atoms with Crippen molar-refractivity contribution in [3.63, 3.8) is 0 Å². The third kappa shape index (κ3) is 8.76. The molecule has 0 saturated carbocycles. The molecule has 3 aromatic heterocycles. The predicted molar refractivity (Wildman–Crippen MR) is 187 cm³/mol. The van der Waals surface area contributed by atoms with Crippen LogP contribution < -0.4 is 0 Å². The molecule has 0 aliphatic rings. The summed E-state index contributed by atoms with van der Waals surface area (Å²) < 4.78 is 1.25. The number of aromatic nitrogens is 2. The Bertz CT molecular complexity index is 1740. The van der Waals surface area contributed by atoms with Crippen LogP contribution in [0, 0.1) is 17.9 Å². The molecule has 1 N–H and O–H groups in total. The van der Waals surface area contributed by atoms with Gasteiger partial charge in [-0.2, -0.15) is 0 Å². The van der Waals surface area contributed by atoms with E-state index >= 15 is 0 Å². The van der Waals surface area contributed by atoms with Crippen molar-refractivity contribution >= 4 is 38.0 Å². The van der Waals surface area contributed by atoms with E-state index in [1.165, 1.54) is 27.1 Å². The fraction of sp³-hybridized carbons (Fsp3) is 0.359. The number of fused-ring (bicyclic) bond motifs is 2. The number of thiophene rings is 1. The fourth-order valence-corrected chi connectivity index (χ4v) is 6.40. The van der Waals surface area contributed by atoms with Gasteiger partial charge in [-0.3, -0.25) is 14.8 Å². The molecular formula is C39H45IrN2O2S-. The minimum atomic E-state index is 0. The Balaban J connectivity index is 0.000000297. The number of ketones is 1. The van der Waals surface area contributed by atoms with Gasteiger partial charge in [-0.15, -0.1) is 40.5 Å². The second-order valence-electron chi connectivity index (χ2n) is 12.3. The Kier molecular flexibility index (Phi) is 13.2. The largest absolute Gasteiger partial charge is 0.512 e. The van der Waals surface area contributed by atoms with Crippen molar-refractivity contribution in [1.82, 2.24) is 9.97 Å². The number of hydrogen-bond acceptors (Lipinski definition) is 5. The maximum atomic E-state index is 11.7. The van der Waals surface area contributed by atoms with E-state index in [0.29, 0.717) is 0 Å². The van der Waals surface area contributed by atoms with Crippen LogP contribution >= 0.6 is 11.3 Å². The molecule has 1 radical (unpaired) electrons. The third-order valence-electron chi connectivity index (χ3n) is 8.35. The first kappa shape index (κ1) is 36.3. The Hall–Kier alpha value is -3.18. The van der Waals surface area contributed by atoms with Crippen LogP contribution in [0.15, 0.2) is 84.2 Å². The smallest absolute Gasteiger partial charge is 0.162 e. The van der Waals surface area contributed by atoms with E-state index in [1.54, 1.807) is 11.3 Å². The van der Waals surface area contributed by atoms with Gasteiger partial charge < -0.3 is 5.11 Å². The molecule has 0 fully saturated rings. The van der Waals surface area contributed by atoms with E-state index in [-0.39, 0.29) is 48.9 Å². The Morgan fingerprint density at radius 3 is 2.22 bits per heavy atom. The van der Waals surface area contributed by atoms with Crippen LogP contribution in [0.3, 0.4) is 0 Å². The van der Waals surface area contributed by atoms with Crippen molar-refractivity contribution in [2.75, 3.05) is 0 Å². The molecule has 45 heavy (non-hydrogen) atoms. The topological polar surface area (TPSA) is 63.1 Å². The number of pyridine rings is 2. The van der Waals surface area contributed by atoms with Gasteiger partial charge in [0, 0.05) is 66.2 Å². The molecule has 5 rings (SSSR count). The SMILES string of the molecule is CC(C)(C)c1cc(-c2cc(-c3nccc4sccc34)ccn2)[c-]c2ccccc12.CCC(CC)C(=O)/C=C(\O)C(CC)CC.[Ir]. The van der Waals surface area contributed by atoms with Gasteiger partial charge in [-0.05, 0) is 60.2 Å². The average molecular weight is 798 g/mol. The minimum Gasteiger partial charge on any atom is -0.512 e. The number of aliphatic hydroxyl groups is 1. The first-order valence-electron chi connectivity index (χ1n) is 15.8. The zero-order valence-corrected chi connectivity index (χ0v) is 30.7. The first-order valence-corrected chi connectivity index (χ1v) is 16.7. The summed E-state index contributed by atoms with van der Waals surface area (Å²) in [6, 6.07) is 22.7. The molecule has 2 aromatic carbocycles. The molecule has 6 heteroatoms. The molecule has 0 amide bonds. The number of rotatable bonds is 9. The van der Waals surface area contributed by atoms with E-state index < -0.39 is 0 Å². The van der Waals surface area contributed by atoms with Gasteiger partial charge in [0.1, 0.15) is 0 Å². The summed E-state index contributed by atoms with van der Waals surface area (Å²) in [6.07, 6.45) is 8.66. The van der Waals surface area contributed by atoms with E-state index in [4.69, 9.17) is 0 Å². The van der Waals surface area contributed by atoms with Gasteiger partial charge in [0.2, 0.25) is 0 Å². The van der Waals surface area contributed by atoms with Crippen molar-refractivity contribution in [3.8, 4) is 22.5 Å². The van der Waals surface area contributed by atoms with E-state index in [9.17, 15) is 9.90 Å². The molecule has 0 aliphatic heterocycles. The van der Waals surface area contributed by atoms with Gasteiger partial charge in [0.05, 0.1) is 11.5 Å². The van der Waals surface area contributed by atoms with Crippen LogP contribution in [0.25, 0.3) is 43.4 Å². The average Bonchev–Trinajstić information content (AvgIpc) is 3.51. The number of benzene rings is 2. The van der Waals surface area contributed by atoms with Crippen molar-refractivity contribution in [1.29, 1.82) is 0 Å². The minimum absolute atomic E-state index is 0. The molecule has 0 saturated heterocycles. The number of allylic oxidation sites excluding steroid dienone is 2. The molecule has 3 heterocycles. The predicted octanol–water partition coefficient (Wildman–Crippen LogP) is 11.1. The molecule has 239 valence electrons. The third-order valence-corrected chi connectivity index (χ3v) is 9.24. The Morgan fingerprint density at radius 1 is 0.889 bits per heavy atom. The molecular weight excluding hydrogens is 753 g/mol. The normalized spacial score (nSPS) is 11.9. The fourth-order valence-electron chi connectivity index (χ4n) is 5.62. The van der Waals surface area contributed by atoms with Gasteiger partial charge >= 0.3 is 0 Å². The van der Waals surface area contributed by atoms with Crippen molar-refractivity contribution in [2.45, 2.75) is 79.6 Å². The van der Waals surface area contributed by atoms with Crippen LogP contribution in [0.4, 0.5) is 0 Å². The summed E-state index contributed by atoms with van der Waals surface area (Å²) in [5, 5.41) is 15.4. The van der Waals surface area contributed by atoms with Crippen LogP contribution in [-0.2, 0) is 30.3 Å². The Labute approximate surface area is 286 Å². The summed E-state index contributed by atoms with van der Waals surface area (Å²) in [7, 11) is 0. The summed E-state index contributed by atoms with van der Waals surface area (Å²) in [5.41, 5.74) is 5.38. The number of carbonyl (C=O) groups excluding carboxylic acids is 1. The molecule has 5 aromatic rings. The van der Waals surface area contributed by atoms with Gasteiger partial charge in [-0.1, -0.05) is 83.7 Å². The summed E-state index contributed by atoms with van der Waals surface area (Å²) in [4.78, 5) is 21.1. The van der Waals surface area contributed by atoms with E-state index in [1.807, 2.05) is 46.2 Å². The number of hydrogen-bond donors (Lipinski definition) is 1. The van der Waals surface area contributed by atoms with E-state index in [2.05, 4.69) is 90.7 Å². The van der Waals surface area contributed by atoms with Crippen LogP contribution in [0.1, 0.15) is 79.7 Å². The second kappa shape index (κ2) is 16.4. The first-order chi connectivity index (χ1) is 21.1. The maximum Gasteiger partial charge on any atom is 0.162 e.